The van der Waals surface area contributed by atoms with Crippen molar-refractivity contribution in [2.75, 3.05) is 25.2 Å². The normalized spacial score (nSPS) is 24.6. The van der Waals surface area contributed by atoms with Crippen molar-refractivity contribution in [2.45, 2.75) is 25.4 Å². The van der Waals surface area contributed by atoms with Gasteiger partial charge in [0.05, 0.1) is 19.3 Å². The number of carbonyl (C=O) groups is 1. The number of carbonyl (C=O) groups excluding carboxylic acids is 1. The second-order valence-corrected chi connectivity index (χ2v) is 6.02. The summed E-state index contributed by atoms with van der Waals surface area (Å²) < 4.78 is 5.39. The van der Waals surface area contributed by atoms with Gasteiger partial charge in [-0.3, -0.25) is 4.90 Å². The minimum absolute atomic E-state index is 0.0136. The molecular formula is C13H17ClN4O2. The molecule has 1 aromatic heterocycles. The van der Waals surface area contributed by atoms with Gasteiger partial charge in [0.1, 0.15) is 11.4 Å². The van der Waals surface area contributed by atoms with Crippen LogP contribution in [0, 0.1) is 5.92 Å². The molecule has 0 aliphatic carbocycles. The predicted molar refractivity (Wildman–Crippen MR) is 74.9 cm³/mol. The van der Waals surface area contributed by atoms with Crippen LogP contribution in [0.25, 0.3) is 0 Å². The fourth-order valence-corrected chi connectivity index (χ4v) is 3.35. The Balaban J connectivity index is 2.06. The Morgan fingerprint density at radius 3 is 2.70 bits per heavy atom. The molecule has 1 atom stereocenters. The molecule has 0 bridgehead atoms. The van der Waals surface area contributed by atoms with Gasteiger partial charge in [0.2, 0.25) is 5.28 Å². The molecule has 3 rings (SSSR count). The Bertz CT molecular complexity index is 547. The van der Waals surface area contributed by atoms with Crippen molar-refractivity contribution in [2.24, 2.45) is 5.92 Å². The van der Waals surface area contributed by atoms with Gasteiger partial charge < -0.3 is 9.64 Å². The molecule has 2 fully saturated rings. The number of hydrogen-bond donors (Lipinski definition) is 0. The molecule has 108 valence electrons. The third-order valence-electron chi connectivity index (χ3n) is 4.18. The van der Waals surface area contributed by atoms with E-state index >= 15 is 0 Å². The average Bonchev–Trinajstić information content (AvgIpc) is 2.59. The fraction of sp³-hybridized carbons (Fsp3) is 0.615. The van der Waals surface area contributed by atoms with Crippen molar-refractivity contribution in [3.63, 3.8) is 0 Å². The summed E-state index contributed by atoms with van der Waals surface area (Å²) in [6.07, 6.45) is 1.57. The summed E-state index contributed by atoms with van der Waals surface area (Å²) in [5.74, 6) is 0.825. The number of hydrogen-bond acceptors (Lipinski definition) is 4. The number of aromatic nitrogens is 2. The summed E-state index contributed by atoms with van der Waals surface area (Å²) in [6, 6.07) is 1.66. The summed E-state index contributed by atoms with van der Waals surface area (Å²) in [7, 11) is 1.82. The van der Waals surface area contributed by atoms with Crippen molar-refractivity contribution in [3.05, 3.63) is 17.5 Å². The van der Waals surface area contributed by atoms with Gasteiger partial charge in [-0.1, -0.05) is 13.8 Å². The van der Waals surface area contributed by atoms with Crippen molar-refractivity contribution >= 4 is 23.4 Å². The van der Waals surface area contributed by atoms with Crippen molar-refractivity contribution < 1.29 is 9.53 Å². The summed E-state index contributed by atoms with van der Waals surface area (Å²) in [6.45, 7) is 5.33. The number of halogens is 1. The predicted octanol–water partition coefficient (Wildman–Crippen LogP) is 1.80. The van der Waals surface area contributed by atoms with Crippen molar-refractivity contribution in [3.8, 4) is 0 Å². The van der Waals surface area contributed by atoms with Gasteiger partial charge in [0.15, 0.2) is 0 Å². The van der Waals surface area contributed by atoms with E-state index in [0.29, 0.717) is 19.0 Å². The van der Waals surface area contributed by atoms with Crippen LogP contribution in [-0.4, -0.2) is 52.7 Å². The van der Waals surface area contributed by atoms with Crippen LogP contribution in [-0.2, 0) is 4.74 Å². The first-order valence-electron chi connectivity index (χ1n) is 6.61. The maximum atomic E-state index is 12.6. The van der Waals surface area contributed by atoms with E-state index in [1.807, 2.05) is 7.05 Å². The molecule has 0 saturated carbocycles. The largest absolute Gasteiger partial charge is 0.376 e. The van der Waals surface area contributed by atoms with Gasteiger partial charge >= 0.3 is 6.03 Å². The van der Waals surface area contributed by atoms with Crippen LogP contribution in [0.3, 0.4) is 0 Å². The van der Waals surface area contributed by atoms with Crippen molar-refractivity contribution in [1.82, 2.24) is 14.9 Å². The summed E-state index contributed by atoms with van der Waals surface area (Å²) in [5.41, 5.74) is -0.261. The molecule has 2 aliphatic rings. The Morgan fingerprint density at radius 2 is 2.20 bits per heavy atom. The molecule has 7 heteroatoms. The van der Waals surface area contributed by atoms with Crippen LogP contribution < -0.4 is 4.90 Å². The smallest absolute Gasteiger partial charge is 0.326 e. The fourth-order valence-electron chi connectivity index (χ4n) is 3.20. The van der Waals surface area contributed by atoms with Crippen LogP contribution in [0.4, 0.5) is 10.6 Å². The minimum atomic E-state index is -0.261. The van der Waals surface area contributed by atoms with Crippen LogP contribution >= 0.6 is 11.6 Å². The summed E-state index contributed by atoms with van der Waals surface area (Å²) in [4.78, 5) is 24.2. The van der Waals surface area contributed by atoms with Crippen LogP contribution in [0.1, 0.15) is 13.8 Å². The number of urea groups is 1. The van der Waals surface area contributed by atoms with E-state index in [9.17, 15) is 4.79 Å². The second kappa shape index (κ2) is 4.56. The number of amides is 2. The van der Waals surface area contributed by atoms with E-state index < -0.39 is 0 Å². The van der Waals surface area contributed by atoms with E-state index in [2.05, 4.69) is 23.8 Å². The Morgan fingerprint density at radius 1 is 1.50 bits per heavy atom. The maximum absolute atomic E-state index is 12.6. The first-order chi connectivity index (χ1) is 9.47. The zero-order valence-electron chi connectivity index (χ0n) is 11.7. The third-order valence-corrected chi connectivity index (χ3v) is 4.37. The van der Waals surface area contributed by atoms with E-state index in [1.54, 1.807) is 22.1 Å². The highest BCUT2D eigenvalue weighted by molar-refractivity contribution is 6.28. The van der Waals surface area contributed by atoms with Gasteiger partial charge in [-0.2, -0.15) is 0 Å². The average molecular weight is 297 g/mol. The first-order valence-corrected chi connectivity index (χ1v) is 6.98. The highest BCUT2D eigenvalue weighted by Gasteiger charge is 2.61. The zero-order valence-corrected chi connectivity index (χ0v) is 12.5. The molecule has 2 amide bonds. The molecule has 0 radical (unpaired) electrons. The molecule has 0 N–H and O–H groups in total. The number of rotatable bonds is 2. The molecule has 1 aromatic rings. The van der Waals surface area contributed by atoms with E-state index in [0.717, 1.165) is 0 Å². The summed E-state index contributed by atoms with van der Waals surface area (Å²) >= 11 is 5.86. The Kier molecular flexibility index (Phi) is 3.10. The van der Waals surface area contributed by atoms with Crippen LogP contribution in [0.15, 0.2) is 12.3 Å². The molecule has 2 aliphatic heterocycles. The maximum Gasteiger partial charge on any atom is 0.326 e. The molecule has 20 heavy (non-hydrogen) atoms. The summed E-state index contributed by atoms with van der Waals surface area (Å²) in [5, 5.41) is 0.145. The molecule has 0 aromatic carbocycles. The Hall–Kier alpha value is -1.40. The van der Waals surface area contributed by atoms with Crippen molar-refractivity contribution in [1.29, 1.82) is 0 Å². The quantitative estimate of drug-likeness (QED) is 0.781. The topological polar surface area (TPSA) is 58.6 Å². The number of ether oxygens (including phenoxy) is 1. The lowest BCUT2D eigenvalue weighted by Crippen LogP contribution is -2.65. The van der Waals surface area contributed by atoms with Crippen LogP contribution in [0.2, 0.25) is 5.28 Å². The molecular weight excluding hydrogens is 280 g/mol. The molecule has 1 spiro atoms. The highest BCUT2D eigenvalue weighted by atomic mass is 35.5. The van der Waals surface area contributed by atoms with Gasteiger partial charge in [-0.15, -0.1) is 0 Å². The van der Waals surface area contributed by atoms with Gasteiger partial charge in [-0.05, 0) is 23.6 Å². The standard InChI is InChI=1S/C13H17ClN4O2/c1-8(2)10-13(6-20-7-13)17(3)12(19)18(10)9-4-5-15-11(14)16-9/h4-5,8,10H,6-7H2,1-3H3/t10-/m0/s1. The Labute approximate surface area is 122 Å². The van der Waals surface area contributed by atoms with E-state index in [4.69, 9.17) is 16.3 Å². The number of anilines is 1. The molecule has 6 nitrogen and oxygen atoms in total. The first kappa shape index (κ1) is 13.6. The van der Waals surface area contributed by atoms with Gasteiger partial charge in [0.25, 0.3) is 0 Å². The number of nitrogens with zero attached hydrogens (tertiary/aromatic N) is 4. The van der Waals surface area contributed by atoms with Gasteiger partial charge in [-0.25, -0.2) is 14.8 Å². The lowest BCUT2D eigenvalue weighted by atomic mass is 9.81. The molecule has 3 heterocycles. The minimum Gasteiger partial charge on any atom is -0.376 e. The molecule has 2 saturated heterocycles. The van der Waals surface area contributed by atoms with Crippen LogP contribution in [0.5, 0.6) is 0 Å². The zero-order chi connectivity index (χ0) is 14.5. The third kappa shape index (κ3) is 1.71. The van der Waals surface area contributed by atoms with Gasteiger partial charge in [0, 0.05) is 13.2 Å². The SMILES string of the molecule is CC(C)[C@@H]1N(c2ccnc(Cl)n2)C(=O)N(C)C12COC2. The number of likely N-dealkylation sites (N-methyl/N-ethyl adjacent to an activating group) is 1. The highest BCUT2D eigenvalue weighted by Crippen LogP contribution is 2.42. The monoisotopic (exact) mass is 296 g/mol. The molecule has 0 unspecified atom stereocenters. The lowest BCUT2D eigenvalue weighted by Gasteiger charge is -2.47. The van der Waals surface area contributed by atoms with E-state index in [-0.39, 0.29) is 28.8 Å². The van der Waals surface area contributed by atoms with E-state index in [1.165, 1.54) is 0 Å². The lowest BCUT2D eigenvalue weighted by molar-refractivity contribution is -0.119. The second-order valence-electron chi connectivity index (χ2n) is 5.68.